The molecule has 0 saturated carbocycles. The predicted octanol–water partition coefficient (Wildman–Crippen LogP) is 3.58. The number of hydrogen-bond acceptors (Lipinski definition) is 3. The Bertz CT molecular complexity index is 786. The summed E-state index contributed by atoms with van der Waals surface area (Å²) in [6.45, 7) is 0. The van der Waals surface area contributed by atoms with Crippen LogP contribution in [0.3, 0.4) is 0 Å². The lowest BCUT2D eigenvalue weighted by molar-refractivity contribution is 0.616. The first kappa shape index (κ1) is 13.9. The van der Waals surface area contributed by atoms with Gasteiger partial charge in [0, 0.05) is 28.4 Å². The Morgan fingerprint density at radius 1 is 1.10 bits per heavy atom. The number of nitrogens with two attached hydrogens (primary N) is 1. The maximum Gasteiger partial charge on any atom is 0.124 e. The predicted molar refractivity (Wildman–Crippen MR) is 82.3 cm³/mol. The van der Waals surface area contributed by atoms with Gasteiger partial charge in [0.2, 0.25) is 0 Å². The highest BCUT2D eigenvalue weighted by molar-refractivity contribution is 6.31. The van der Waals surface area contributed by atoms with Gasteiger partial charge in [-0.05, 0) is 23.1 Å². The van der Waals surface area contributed by atoms with E-state index in [0.29, 0.717) is 10.6 Å². The topological polar surface area (TPSA) is 50.9 Å². The molecule has 0 amide bonds. The summed E-state index contributed by atoms with van der Waals surface area (Å²) in [5.41, 5.74) is 4.34. The molecule has 106 valence electrons. The zero-order valence-electron chi connectivity index (χ0n) is 11.1. The Morgan fingerprint density at radius 2 is 1.90 bits per heavy atom. The lowest BCUT2D eigenvalue weighted by Crippen LogP contribution is -2.29. The maximum atomic E-state index is 13.2. The molecule has 1 unspecified atom stereocenters. The van der Waals surface area contributed by atoms with Gasteiger partial charge in [-0.1, -0.05) is 41.9 Å². The second-order valence-corrected chi connectivity index (χ2v) is 5.12. The first-order chi connectivity index (χ1) is 10.2. The molecule has 1 atom stereocenters. The van der Waals surface area contributed by atoms with Gasteiger partial charge >= 0.3 is 0 Å². The van der Waals surface area contributed by atoms with Crippen LogP contribution in [-0.4, -0.2) is 4.98 Å². The van der Waals surface area contributed by atoms with E-state index in [1.165, 1.54) is 12.1 Å². The first-order valence-corrected chi connectivity index (χ1v) is 6.82. The van der Waals surface area contributed by atoms with E-state index in [2.05, 4.69) is 10.4 Å². The molecule has 3 nitrogen and oxygen atoms in total. The van der Waals surface area contributed by atoms with Crippen molar-refractivity contribution < 1.29 is 4.39 Å². The lowest BCUT2D eigenvalue weighted by atomic mass is 9.96. The summed E-state index contributed by atoms with van der Waals surface area (Å²) >= 11 is 6.15. The van der Waals surface area contributed by atoms with E-state index >= 15 is 0 Å². The minimum Gasteiger partial charge on any atom is -0.271 e. The van der Waals surface area contributed by atoms with Gasteiger partial charge < -0.3 is 0 Å². The van der Waals surface area contributed by atoms with Crippen LogP contribution >= 0.6 is 11.6 Å². The van der Waals surface area contributed by atoms with Crippen molar-refractivity contribution in [3.8, 4) is 0 Å². The summed E-state index contributed by atoms with van der Waals surface area (Å²) in [6, 6.07) is 11.8. The second kappa shape index (κ2) is 5.77. The Hall–Kier alpha value is -2.01. The van der Waals surface area contributed by atoms with Crippen LogP contribution in [0.2, 0.25) is 5.02 Å². The molecule has 0 spiro atoms. The highest BCUT2D eigenvalue weighted by atomic mass is 35.5. The summed E-state index contributed by atoms with van der Waals surface area (Å²) in [7, 11) is 0. The van der Waals surface area contributed by atoms with E-state index in [9.17, 15) is 4.39 Å². The van der Waals surface area contributed by atoms with Crippen LogP contribution in [0.5, 0.6) is 0 Å². The third kappa shape index (κ3) is 2.61. The number of benzene rings is 2. The number of aromatic nitrogens is 1. The fourth-order valence-electron chi connectivity index (χ4n) is 2.45. The Balaban J connectivity index is 2.18. The molecule has 5 heteroatoms. The summed E-state index contributed by atoms with van der Waals surface area (Å²) < 4.78 is 13.2. The van der Waals surface area contributed by atoms with Gasteiger partial charge in [-0.15, -0.1) is 0 Å². The normalized spacial score (nSPS) is 12.5. The molecular weight excluding hydrogens is 289 g/mol. The fourth-order valence-corrected chi connectivity index (χ4v) is 2.73. The number of hydrazine groups is 1. The van der Waals surface area contributed by atoms with Gasteiger partial charge in [-0.2, -0.15) is 0 Å². The molecule has 0 aliphatic heterocycles. The van der Waals surface area contributed by atoms with Crippen molar-refractivity contribution in [3.63, 3.8) is 0 Å². The number of pyridine rings is 1. The minimum absolute atomic E-state index is 0.325. The number of halogens is 2. The van der Waals surface area contributed by atoms with E-state index in [0.717, 1.165) is 16.3 Å². The quantitative estimate of drug-likeness (QED) is 0.574. The average molecular weight is 302 g/mol. The molecule has 0 bridgehead atoms. The van der Waals surface area contributed by atoms with Crippen LogP contribution in [0, 0.1) is 5.82 Å². The van der Waals surface area contributed by atoms with Crippen LogP contribution in [0.15, 0.2) is 54.9 Å². The van der Waals surface area contributed by atoms with Gasteiger partial charge in [0.15, 0.2) is 0 Å². The number of nitrogens with one attached hydrogen (secondary N) is 1. The van der Waals surface area contributed by atoms with Crippen LogP contribution in [0.1, 0.15) is 17.2 Å². The minimum atomic E-state index is -0.379. The molecule has 0 radical (unpaired) electrons. The molecule has 0 aliphatic carbocycles. The zero-order valence-corrected chi connectivity index (χ0v) is 11.8. The summed E-state index contributed by atoms with van der Waals surface area (Å²) in [6.07, 6.45) is 3.53. The fraction of sp³-hybridized carbons (Fsp3) is 0.0625. The average Bonchev–Trinajstić information content (AvgIpc) is 2.50. The number of fused-ring (bicyclic) bond motifs is 1. The van der Waals surface area contributed by atoms with Crippen LogP contribution in [-0.2, 0) is 0 Å². The molecule has 3 aromatic rings. The summed E-state index contributed by atoms with van der Waals surface area (Å²) in [5, 5.41) is 2.36. The number of rotatable bonds is 3. The van der Waals surface area contributed by atoms with Gasteiger partial charge in [-0.3, -0.25) is 10.8 Å². The second-order valence-electron chi connectivity index (χ2n) is 4.72. The molecule has 3 N–H and O–H groups in total. The lowest BCUT2D eigenvalue weighted by Gasteiger charge is -2.19. The highest BCUT2D eigenvalue weighted by Gasteiger charge is 2.18. The van der Waals surface area contributed by atoms with Crippen molar-refractivity contribution in [2.75, 3.05) is 0 Å². The summed E-state index contributed by atoms with van der Waals surface area (Å²) in [5.74, 6) is 5.33. The van der Waals surface area contributed by atoms with Crippen LogP contribution < -0.4 is 11.3 Å². The molecule has 1 aromatic heterocycles. The number of hydrogen-bond donors (Lipinski definition) is 2. The van der Waals surface area contributed by atoms with Crippen LogP contribution in [0.4, 0.5) is 4.39 Å². The molecule has 0 aliphatic rings. The Morgan fingerprint density at radius 3 is 2.67 bits per heavy atom. The first-order valence-electron chi connectivity index (χ1n) is 6.44. The smallest absolute Gasteiger partial charge is 0.124 e. The van der Waals surface area contributed by atoms with E-state index in [-0.39, 0.29) is 11.9 Å². The van der Waals surface area contributed by atoms with Crippen molar-refractivity contribution in [3.05, 3.63) is 76.8 Å². The summed E-state index contributed by atoms with van der Waals surface area (Å²) in [4.78, 5) is 4.24. The van der Waals surface area contributed by atoms with E-state index < -0.39 is 0 Å². The van der Waals surface area contributed by atoms with Gasteiger partial charge in [0.05, 0.1) is 6.04 Å². The molecule has 0 saturated heterocycles. The van der Waals surface area contributed by atoms with Crippen LogP contribution in [0.25, 0.3) is 10.8 Å². The van der Waals surface area contributed by atoms with Gasteiger partial charge in [0.1, 0.15) is 5.82 Å². The monoisotopic (exact) mass is 301 g/mol. The van der Waals surface area contributed by atoms with Crippen molar-refractivity contribution in [1.82, 2.24) is 10.4 Å². The molecule has 2 aromatic carbocycles. The number of nitrogens with zero attached hydrogens (tertiary/aromatic N) is 1. The maximum absolute atomic E-state index is 13.2. The van der Waals surface area contributed by atoms with Crippen molar-refractivity contribution >= 4 is 22.4 Å². The SMILES string of the molecule is NNC(c1ccc(F)cc1Cl)c1cncc2ccccc12. The molecule has 1 heterocycles. The third-order valence-corrected chi connectivity index (χ3v) is 3.78. The van der Waals surface area contributed by atoms with Gasteiger partial charge in [-0.25, -0.2) is 9.82 Å². The van der Waals surface area contributed by atoms with E-state index in [1.54, 1.807) is 18.5 Å². The van der Waals surface area contributed by atoms with Crippen molar-refractivity contribution in [2.24, 2.45) is 5.84 Å². The standard InChI is InChI=1S/C16H13ClFN3/c17-15-7-11(18)5-6-13(15)16(21-19)14-9-20-8-10-3-1-2-4-12(10)14/h1-9,16,21H,19H2. The molecule has 21 heavy (non-hydrogen) atoms. The Labute approximate surface area is 126 Å². The molecule has 3 rings (SSSR count). The van der Waals surface area contributed by atoms with Gasteiger partial charge in [0.25, 0.3) is 0 Å². The highest BCUT2D eigenvalue weighted by Crippen LogP contribution is 2.31. The largest absolute Gasteiger partial charge is 0.271 e. The van der Waals surface area contributed by atoms with E-state index in [4.69, 9.17) is 17.4 Å². The zero-order chi connectivity index (χ0) is 14.8. The Kier molecular flexibility index (Phi) is 3.84. The molecule has 0 fully saturated rings. The van der Waals surface area contributed by atoms with E-state index in [1.807, 2.05) is 24.3 Å². The third-order valence-electron chi connectivity index (χ3n) is 3.45. The molecular formula is C16H13ClFN3. The van der Waals surface area contributed by atoms with Crippen molar-refractivity contribution in [1.29, 1.82) is 0 Å². The van der Waals surface area contributed by atoms with Crippen molar-refractivity contribution in [2.45, 2.75) is 6.04 Å².